The Balaban J connectivity index is 2.02. The van der Waals surface area contributed by atoms with Gasteiger partial charge in [0.2, 0.25) is 5.91 Å². The first kappa shape index (κ1) is 24.5. The van der Waals surface area contributed by atoms with Crippen molar-refractivity contribution in [3.63, 3.8) is 0 Å². The van der Waals surface area contributed by atoms with E-state index in [0.717, 1.165) is 45.3 Å². The minimum atomic E-state index is 0.178. The molecule has 0 aliphatic heterocycles. The Bertz CT molecular complexity index is 776. The topological polar surface area (TPSA) is 48.1 Å². The number of fused-ring (bicyclic) bond motifs is 1. The van der Waals surface area contributed by atoms with E-state index < -0.39 is 0 Å². The highest BCUT2D eigenvalue weighted by atomic mass is 16.1. The Morgan fingerprint density at radius 1 is 1.13 bits per heavy atom. The number of aromatic amines is 1. The molecule has 1 amide bonds. The SMILES string of the molecule is CCc1cccc2c([C@H](CC(=O)N[C@H](C)CCCN(CC)CC)CC(C)C)c[nH]c12. The Morgan fingerprint density at radius 3 is 2.50 bits per heavy atom. The summed E-state index contributed by atoms with van der Waals surface area (Å²) in [5, 5.41) is 4.54. The summed E-state index contributed by atoms with van der Waals surface area (Å²) in [5.41, 5.74) is 3.86. The van der Waals surface area contributed by atoms with Crippen molar-refractivity contribution in [2.75, 3.05) is 19.6 Å². The third-order valence-corrected chi connectivity index (χ3v) is 6.26. The highest BCUT2D eigenvalue weighted by molar-refractivity contribution is 5.87. The standard InChI is InChI=1S/C26H43N3O/c1-7-21-13-10-14-23-24(18-27-26(21)23)22(16-19(4)5)17-25(30)28-20(6)12-11-15-29(8-2)9-3/h10,13-14,18-20,22,27H,7-9,11-12,15-17H2,1-6H3,(H,28,30)/t20-,22+/m1/s1. The molecule has 0 aliphatic rings. The molecule has 0 fully saturated rings. The molecule has 2 atom stereocenters. The van der Waals surface area contributed by atoms with Crippen LogP contribution < -0.4 is 5.32 Å². The Kier molecular flexibility index (Phi) is 9.90. The van der Waals surface area contributed by atoms with Crippen LogP contribution in [0.1, 0.15) is 84.3 Å². The van der Waals surface area contributed by atoms with Crippen molar-refractivity contribution < 1.29 is 4.79 Å². The van der Waals surface area contributed by atoms with Crippen LogP contribution >= 0.6 is 0 Å². The summed E-state index contributed by atoms with van der Waals surface area (Å²) in [5.74, 6) is 0.972. The van der Waals surface area contributed by atoms with Crippen LogP contribution in [0, 0.1) is 5.92 Å². The average Bonchev–Trinajstić information content (AvgIpc) is 3.14. The number of nitrogens with zero attached hydrogens (tertiary/aromatic N) is 1. The summed E-state index contributed by atoms with van der Waals surface area (Å²) in [6.07, 6.45) is 6.88. The lowest BCUT2D eigenvalue weighted by Crippen LogP contribution is -2.34. The summed E-state index contributed by atoms with van der Waals surface area (Å²) in [7, 11) is 0. The van der Waals surface area contributed by atoms with Gasteiger partial charge in [0, 0.05) is 29.6 Å². The summed E-state index contributed by atoms with van der Waals surface area (Å²) >= 11 is 0. The number of hydrogen-bond donors (Lipinski definition) is 2. The van der Waals surface area contributed by atoms with Gasteiger partial charge < -0.3 is 15.2 Å². The normalized spacial score (nSPS) is 13.9. The number of carbonyl (C=O) groups excluding carboxylic acids is 1. The summed E-state index contributed by atoms with van der Waals surface area (Å²) < 4.78 is 0. The van der Waals surface area contributed by atoms with E-state index in [4.69, 9.17) is 0 Å². The number of nitrogens with one attached hydrogen (secondary N) is 2. The van der Waals surface area contributed by atoms with Crippen molar-refractivity contribution in [3.05, 3.63) is 35.5 Å². The van der Waals surface area contributed by atoms with Crippen LogP contribution in [-0.2, 0) is 11.2 Å². The van der Waals surface area contributed by atoms with Crippen molar-refractivity contribution >= 4 is 16.8 Å². The van der Waals surface area contributed by atoms with E-state index in [1.165, 1.54) is 22.0 Å². The summed E-state index contributed by atoms with van der Waals surface area (Å²) in [6.45, 7) is 16.5. The first-order valence-corrected chi connectivity index (χ1v) is 12.0. The predicted octanol–water partition coefficient (Wildman–Crippen LogP) is 5.88. The van der Waals surface area contributed by atoms with Gasteiger partial charge >= 0.3 is 0 Å². The molecule has 0 saturated heterocycles. The number of rotatable bonds is 13. The molecule has 2 N–H and O–H groups in total. The van der Waals surface area contributed by atoms with Gasteiger partial charge in [0.25, 0.3) is 0 Å². The lowest BCUT2D eigenvalue weighted by Gasteiger charge is -2.22. The second kappa shape index (κ2) is 12.1. The Hall–Kier alpha value is -1.81. The summed E-state index contributed by atoms with van der Waals surface area (Å²) in [4.78, 5) is 18.8. The van der Waals surface area contributed by atoms with Gasteiger partial charge in [0.05, 0.1) is 0 Å². The maximum atomic E-state index is 12.9. The molecule has 0 saturated carbocycles. The molecule has 0 aliphatic carbocycles. The number of aromatic nitrogens is 1. The van der Waals surface area contributed by atoms with E-state index >= 15 is 0 Å². The van der Waals surface area contributed by atoms with Crippen LogP contribution in [0.3, 0.4) is 0 Å². The van der Waals surface area contributed by atoms with Gasteiger partial charge in [-0.1, -0.05) is 52.8 Å². The third kappa shape index (κ3) is 6.87. The molecule has 0 radical (unpaired) electrons. The van der Waals surface area contributed by atoms with Crippen molar-refractivity contribution in [2.45, 2.75) is 85.6 Å². The lowest BCUT2D eigenvalue weighted by molar-refractivity contribution is -0.122. The molecule has 168 valence electrons. The molecule has 0 unspecified atom stereocenters. The third-order valence-electron chi connectivity index (χ3n) is 6.26. The van der Waals surface area contributed by atoms with E-state index in [-0.39, 0.29) is 17.9 Å². The number of carbonyl (C=O) groups is 1. The van der Waals surface area contributed by atoms with Crippen LogP contribution in [-0.4, -0.2) is 41.5 Å². The number of aryl methyl sites for hydroxylation is 1. The number of para-hydroxylation sites is 1. The van der Waals surface area contributed by atoms with Crippen molar-refractivity contribution in [3.8, 4) is 0 Å². The smallest absolute Gasteiger partial charge is 0.220 e. The highest BCUT2D eigenvalue weighted by Crippen LogP contribution is 2.34. The highest BCUT2D eigenvalue weighted by Gasteiger charge is 2.22. The second-order valence-corrected chi connectivity index (χ2v) is 9.11. The molecule has 2 aromatic rings. The largest absolute Gasteiger partial charge is 0.361 e. The minimum absolute atomic E-state index is 0.178. The maximum absolute atomic E-state index is 12.9. The number of amides is 1. The van der Waals surface area contributed by atoms with Gasteiger partial charge in [-0.3, -0.25) is 4.79 Å². The maximum Gasteiger partial charge on any atom is 0.220 e. The molecule has 0 bridgehead atoms. The van der Waals surface area contributed by atoms with Gasteiger partial charge in [0.15, 0.2) is 0 Å². The molecule has 1 aromatic heterocycles. The first-order chi connectivity index (χ1) is 14.4. The Morgan fingerprint density at radius 2 is 1.87 bits per heavy atom. The molecule has 4 heteroatoms. The van der Waals surface area contributed by atoms with Crippen LogP contribution in [0.15, 0.2) is 24.4 Å². The van der Waals surface area contributed by atoms with E-state index in [0.29, 0.717) is 12.3 Å². The molecule has 4 nitrogen and oxygen atoms in total. The average molecular weight is 414 g/mol. The van der Waals surface area contributed by atoms with Gasteiger partial charge in [-0.05, 0) is 75.2 Å². The quantitative estimate of drug-likeness (QED) is 0.431. The molecule has 1 heterocycles. The molecule has 0 spiro atoms. The second-order valence-electron chi connectivity index (χ2n) is 9.11. The van der Waals surface area contributed by atoms with Gasteiger partial charge in [-0.15, -0.1) is 0 Å². The van der Waals surface area contributed by atoms with Crippen LogP contribution in [0.4, 0.5) is 0 Å². The van der Waals surface area contributed by atoms with E-state index in [1.54, 1.807) is 0 Å². The zero-order chi connectivity index (χ0) is 22.1. The van der Waals surface area contributed by atoms with Crippen LogP contribution in [0.2, 0.25) is 0 Å². The lowest BCUT2D eigenvalue weighted by atomic mass is 9.87. The zero-order valence-electron chi connectivity index (χ0n) is 20.1. The van der Waals surface area contributed by atoms with Crippen molar-refractivity contribution in [1.82, 2.24) is 15.2 Å². The first-order valence-electron chi connectivity index (χ1n) is 12.0. The van der Waals surface area contributed by atoms with Crippen LogP contribution in [0.5, 0.6) is 0 Å². The molecular formula is C26H43N3O. The van der Waals surface area contributed by atoms with Gasteiger partial charge in [-0.25, -0.2) is 0 Å². The van der Waals surface area contributed by atoms with Crippen LogP contribution in [0.25, 0.3) is 10.9 Å². The number of hydrogen-bond acceptors (Lipinski definition) is 2. The fourth-order valence-corrected chi connectivity index (χ4v) is 4.55. The Labute approximate surface area is 183 Å². The van der Waals surface area contributed by atoms with Crippen molar-refractivity contribution in [1.29, 1.82) is 0 Å². The van der Waals surface area contributed by atoms with Gasteiger partial charge in [-0.2, -0.15) is 0 Å². The monoisotopic (exact) mass is 413 g/mol. The minimum Gasteiger partial charge on any atom is -0.361 e. The summed E-state index contributed by atoms with van der Waals surface area (Å²) in [6, 6.07) is 6.75. The molecule has 1 aromatic carbocycles. The fourth-order valence-electron chi connectivity index (χ4n) is 4.55. The molecule has 2 rings (SSSR count). The number of H-pyrrole nitrogens is 1. The molecule has 30 heavy (non-hydrogen) atoms. The van der Waals surface area contributed by atoms with E-state index in [1.807, 2.05) is 0 Å². The van der Waals surface area contributed by atoms with Crippen molar-refractivity contribution in [2.24, 2.45) is 5.92 Å². The van der Waals surface area contributed by atoms with Gasteiger partial charge in [0.1, 0.15) is 0 Å². The fraction of sp³-hybridized carbons (Fsp3) is 0.654. The van der Waals surface area contributed by atoms with E-state index in [9.17, 15) is 4.79 Å². The number of benzene rings is 1. The van der Waals surface area contributed by atoms with E-state index in [2.05, 4.69) is 81.1 Å². The zero-order valence-corrected chi connectivity index (χ0v) is 20.1. The molecular weight excluding hydrogens is 370 g/mol. The predicted molar refractivity (Wildman–Crippen MR) is 129 cm³/mol.